The van der Waals surface area contributed by atoms with Crippen molar-refractivity contribution in [3.8, 4) is 5.75 Å². The molecule has 2 amide bonds. The van der Waals surface area contributed by atoms with Gasteiger partial charge in [-0.3, -0.25) is 14.5 Å². The van der Waals surface area contributed by atoms with Gasteiger partial charge in [-0.25, -0.2) is 9.78 Å². The highest BCUT2D eigenvalue weighted by molar-refractivity contribution is 8.00. The summed E-state index contributed by atoms with van der Waals surface area (Å²) >= 11 is 2.58. The van der Waals surface area contributed by atoms with Gasteiger partial charge in [-0.1, -0.05) is 23.4 Å². The van der Waals surface area contributed by atoms with Crippen LogP contribution < -0.4 is 15.8 Å². The summed E-state index contributed by atoms with van der Waals surface area (Å²) in [5.74, 6) is -0.636. The number of quaternary nitrogens is 1. The molecule has 0 saturated carbocycles. The predicted octanol–water partition coefficient (Wildman–Crippen LogP) is 1.82. The second kappa shape index (κ2) is 12.8. The number of methoxy groups -OCH3 is 1. The van der Waals surface area contributed by atoms with Crippen LogP contribution in [0.4, 0.5) is 5.13 Å². The molecule has 1 aromatic carbocycles. The number of carbonyl (C=O) groups excluding carboxylic acids is 3. The second-order valence-electron chi connectivity index (χ2n) is 10.4. The highest BCUT2D eigenvalue weighted by Gasteiger charge is 2.54. The topological polar surface area (TPSA) is 155 Å². The van der Waals surface area contributed by atoms with Gasteiger partial charge in [0.25, 0.3) is 11.8 Å². The number of nitrogens with zero attached hydrogens (tertiary/aromatic N) is 4. The monoisotopic (exact) mass is 629 g/mol. The van der Waals surface area contributed by atoms with Crippen molar-refractivity contribution < 1.29 is 38.2 Å². The van der Waals surface area contributed by atoms with E-state index in [1.165, 1.54) is 23.8 Å². The van der Waals surface area contributed by atoms with Crippen molar-refractivity contribution >= 4 is 51.7 Å². The van der Waals surface area contributed by atoms with Crippen molar-refractivity contribution in [2.75, 3.05) is 46.3 Å². The van der Waals surface area contributed by atoms with Crippen LogP contribution >= 0.6 is 23.1 Å². The third-order valence-corrected chi connectivity index (χ3v) is 9.03. The number of amides is 2. The maximum atomic E-state index is 13.5. The van der Waals surface area contributed by atoms with Crippen molar-refractivity contribution in [1.82, 2.24) is 15.2 Å². The van der Waals surface area contributed by atoms with Gasteiger partial charge in [0.15, 0.2) is 10.8 Å². The first-order valence-corrected chi connectivity index (χ1v) is 15.3. The van der Waals surface area contributed by atoms with Crippen LogP contribution in [0, 0.1) is 0 Å². The number of fused-ring (bicyclic) bond motifs is 1. The molecular formula is C28H33N6O7S2+. The standard InChI is InChI=1S/C28H32N6O7S2/c1-34(2)12-11-19(41-34)10-7-17-14-42-26-22(31-24(35)21(32-39-4)20-15-43-28(29)30-20)25(36)33(26)23(17)27(37)40-13-16-5-8-18(38-3)9-6-16/h5-10,15,19,22,26H,11-14H2,1-4H3,(H2-,29,30,31,35)/p+1/b10-7-,32-21-/t19?,22-,26-/m1/s1. The van der Waals surface area contributed by atoms with Crippen LogP contribution in [0.25, 0.3) is 0 Å². The molecule has 3 aliphatic heterocycles. The smallest absolute Gasteiger partial charge is 0.355 e. The summed E-state index contributed by atoms with van der Waals surface area (Å²) in [4.78, 5) is 56.5. The lowest BCUT2D eigenvalue weighted by Gasteiger charge is -2.49. The first-order valence-electron chi connectivity index (χ1n) is 13.4. The Morgan fingerprint density at radius 3 is 2.67 bits per heavy atom. The number of ether oxygens (including phenoxy) is 2. The summed E-state index contributed by atoms with van der Waals surface area (Å²) in [7, 11) is 6.84. The molecular weight excluding hydrogens is 596 g/mol. The van der Waals surface area contributed by atoms with E-state index in [2.05, 4.69) is 15.5 Å². The predicted molar refractivity (Wildman–Crippen MR) is 161 cm³/mol. The van der Waals surface area contributed by atoms with E-state index < -0.39 is 29.2 Å². The van der Waals surface area contributed by atoms with Gasteiger partial charge in [-0.05, 0) is 29.3 Å². The third kappa shape index (κ3) is 6.69. The number of esters is 1. The Labute approximate surface area is 256 Å². The highest BCUT2D eigenvalue weighted by Crippen LogP contribution is 2.41. The Morgan fingerprint density at radius 1 is 1.28 bits per heavy atom. The maximum Gasteiger partial charge on any atom is 0.355 e. The molecule has 1 unspecified atom stereocenters. The van der Waals surface area contributed by atoms with Crippen LogP contribution in [-0.4, -0.2) is 96.2 Å². The van der Waals surface area contributed by atoms with Crippen molar-refractivity contribution in [2.45, 2.75) is 30.5 Å². The number of nitrogens with one attached hydrogen (secondary N) is 1. The number of carbonyl (C=O) groups is 3. The quantitative estimate of drug-likeness (QED) is 0.131. The summed E-state index contributed by atoms with van der Waals surface area (Å²) in [6.45, 7) is 0.865. The summed E-state index contributed by atoms with van der Waals surface area (Å²) in [6.07, 6.45) is 4.45. The lowest BCUT2D eigenvalue weighted by Crippen LogP contribution is -2.71. The number of nitrogens with two attached hydrogens (primary N) is 1. The fourth-order valence-electron chi connectivity index (χ4n) is 4.87. The lowest BCUT2D eigenvalue weighted by atomic mass is 10.0. The number of benzene rings is 1. The fraction of sp³-hybridized carbons (Fsp3) is 0.393. The highest BCUT2D eigenvalue weighted by atomic mass is 32.2. The van der Waals surface area contributed by atoms with Gasteiger partial charge in [0.1, 0.15) is 54.9 Å². The molecule has 4 heterocycles. The molecule has 2 fully saturated rings. The van der Waals surface area contributed by atoms with Gasteiger partial charge in [0, 0.05) is 17.6 Å². The van der Waals surface area contributed by atoms with Crippen LogP contribution in [0.2, 0.25) is 0 Å². The van der Waals surface area contributed by atoms with E-state index in [1.807, 2.05) is 26.2 Å². The van der Waals surface area contributed by atoms with Crippen LogP contribution in [-0.2, 0) is 35.4 Å². The first-order chi connectivity index (χ1) is 20.6. The minimum atomic E-state index is -0.901. The number of oxime groups is 1. The molecule has 0 aliphatic carbocycles. The van der Waals surface area contributed by atoms with Crippen molar-refractivity contribution in [3.05, 3.63) is 64.3 Å². The average Bonchev–Trinajstić information content (AvgIpc) is 3.59. The molecule has 228 valence electrons. The van der Waals surface area contributed by atoms with Crippen LogP contribution in [0.1, 0.15) is 17.7 Å². The van der Waals surface area contributed by atoms with Crippen molar-refractivity contribution in [3.63, 3.8) is 0 Å². The van der Waals surface area contributed by atoms with Crippen LogP contribution in [0.3, 0.4) is 0 Å². The van der Waals surface area contributed by atoms with Gasteiger partial charge in [-0.2, -0.15) is 9.48 Å². The molecule has 1 aromatic heterocycles. The molecule has 3 N–H and O–H groups in total. The number of hydroxylamine groups is 3. The SMILES string of the molecule is CO/N=C(\C(=O)N[C@@H]1C(=O)N2C(C(=O)OCc3ccc(OC)cc3)=C(/C=C\C3CC[N+](C)(C)O3)CS[C@H]12)c1csc(N)n1. The first kappa shape index (κ1) is 30.5. The zero-order valence-corrected chi connectivity index (χ0v) is 25.8. The Hall–Kier alpha value is -3.92. The Balaban J connectivity index is 1.35. The van der Waals surface area contributed by atoms with Gasteiger partial charge in [-0.15, -0.1) is 23.1 Å². The summed E-state index contributed by atoms with van der Waals surface area (Å²) in [5.41, 5.74) is 7.38. The van der Waals surface area contributed by atoms with Gasteiger partial charge >= 0.3 is 5.97 Å². The summed E-state index contributed by atoms with van der Waals surface area (Å²) < 4.78 is 11.3. The Morgan fingerprint density at radius 2 is 2.05 bits per heavy atom. The number of aromatic nitrogens is 1. The molecule has 0 radical (unpaired) electrons. The number of hydrogen-bond donors (Lipinski definition) is 2. The van der Waals surface area contributed by atoms with E-state index in [0.29, 0.717) is 21.7 Å². The number of thiazole rings is 1. The number of β-lactam (4-membered cyclic amide) rings is 1. The van der Waals surface area contributed by atoms with Gasteiger partial charge in [0.05, 0.1) is 21.2 Å². The summed E-state index contributed by atoms with van der Waals surface area (Å²) in [5, 5.41) is 7.81. The van der Waals surface area contributed by atoms with E-state index in [0.717, 1.165) is 29.9 Å². The molecule has 3 aliphatic rings. The molecule has 15 heteroatoms. The number of allylic oxidation sites excluding steroid dienone is 1. The maximum absolute atomic E-state index is 13.5. The van der Waals surface area contributed by atoms with E-state index in [9.17, 15) is 14.4 Å². The second-order valence-corrected chi connectivity index (χ2v) is 12.4. The van der Waals surface area contributed by atoms with E-state index in [-0.39, 0.29) is 34.9 Å². The normalized spacial score (nSPS) is 23.2. The van der Waals surface area contributed by atoms with E-state index in [4.69, 9.17) is 24.9 Å². The fourth-order valence-corrected chi connectivity index (χ4v) is 6.73. The lowest BCUT2D eigenvalue weighted by molar-refractivity contribution is -1.06. The molecule has 0 spiro atoms. The molecule has 43 heavy (non-hydrogen) atoms. The number of rotatable bonds is 10. The van der Waals surface area contributed by atoms with E-state index in [1.54, 1.807) is 36.8 Å². The number of nitrogen functional groups attached to an aromatic ring is 1. The minimum Gasteiger partial charge on any atom is -0.497 e. The van der Waals surface area contributed by atoms with Crippen LogP contribution in [0.5, 0.6) is 5.75 Å². The Bertz CT molecular complexity index is 1490. The van der Waals surface area contributed by atoms with Gasteiger partial charge in [0.2, 0.25) is 0 Å². The molecule has 0 bridgehead atoms. The number of anilines is 1. The number of thioether (sulfide) groups is 1. The Kier molecular flexibility index (Phi) is 9.05. The summed E-state index contributed by atoms with van der Waals surface area (Å²) in [6, 6.07) is 6.25. The van der Waals surface area contributed by atoms with Gasteiger partial charge < -0.3 is 25.4 Å². The number of hydrogen-bond acceptors (Lipinski definition) is 12. The molecule has 2 aromatic rings. The molecule has 13 nitrogen and oxygen atoms in total. The average molecular weight is 630 g/mol. The molecule has 3 atom stereocenters. The van der Waals surface area contributed by atoms with Crippen molar-refractivity contribution in [2.24, 2.45) is 5.16 Å². The largest absolute Gasteiger partial charge is 0.497 e. The van der Waals surface area contributed by atoms with Crippen LogP contribution in [0.15, 0.2) is 58.2 Å². The third-order valence-electron chi connectivity index (χ3n) is 7.05. The van der Waals surface area contributed by atoms with E-state index >= 15 is 0 Å². The molecule has 2 saturated heterocycles. The van der Waals surface area contributed by atoms with Crippen molar-refractivity contribution in [1.29, 1.82) is 0 Å². The zero-order valence-electron chi connectivity index (χ0n) is 24.1. The zero-order chi connectivity index (χ0) is 30.7. The molecule has 5 rings (SSSR count). The minimum absolute atomic E-state index is 0.00828.